The van der Waals surface area contributed by atoms with E-state index < -0.39 is 40.4 Å². The molecule has 2 aromatic rings. The van der Waals surface area contributed by atoms with Crippen molar-refractivity contribution in [1.82, 2.24) is 9.80 Å². The first-order valence-corrected chi connectivity index (χ1v) is 13.6. The monoisotopic (exact) mass is 574 g/mol. The number of aliphatic hydroxyl groups excluding tert-OH is 2. The molecule has 2 aromatic carbocycles. The average molecular weight is 574 g/mol. The molecule has 0 saturated carbocycles. The van der Waals surface area contributed by atoms with E-state index in [4.69, 9.17) is 0 Å². The summed E-state index contributed by atoms with van der Waals surface area (Å²) in [4.78, 5) is 44.5. The van der Waals surface area contributed by atoms with Crippen LogP contribution in [0.3, 0.4) is 0 Å². The van der Waals surface area contributed by atoms with Gasteiger partial charge in [0.25, 0.3) is 0 Å². The first kappa shape index (κ1) is 31.7. The van der Waals surface area contributed by atoms with Crippen LogP contribution in [0.5, 0.6) is 11.5 Å². The van der Waals surface area contributed by atoms with E-state index in [1.165, 1.54) is 35.2 Å². The number of para-hydroxylation sites is 1. The summed E-state index contributed by atoms with van der Waals surface area (Å²) in [6, 6.07) is 9.17. The molecule has 0 spiro atoms. The van der Waals surface area contributed by atoms with Gasteiger partial charge in [0.2, 0.25) is 0 Å². The fourth-order valence-electron chi connectivity index (χ4n) is 3.50. The Bertz CT molecular complexity index is 1050. The summed E-state index contributed by atoms with van der Waals surface area (Å²) in [7, 11) is -9.75. The van der Waals surface area contributed by atoms with E-state index in [0.717, 1.165) is 4.90 Å². The Labute approximate surface area is 213 Å². The van der Waals surface area contributed by atoms with E-state index in [1.807, 2.05) is 0 Å². The third-order valence-corrected chi connectivity index (χ3v) is 6.50. The molecule has 196 valence electrons. The van der Waals surface area contributed by atoms with Gasteiger partial charge in [0, 0.05) is 36.8 Å². The van der Waals surface area contributed by atoms with Gasteiger partial charge < -0.3 is 49.1 Å². The number of benzene rings is 2. The second kappa shape index (κ2) is 13.9. The van der Waals surface area contributed by atoms with Gasteiger partial charge in [0.05, 0.1) is 25.8 Å². The zero-order valence-electron chi connectivity index (χ0n) is 18.5. The number of hydrogen-bond acceptors (Lipinski definition) is 10. The molecule has 0 saturated heterocycles. The summed E-state index contributed by atoms with van der Waals surface area (Å²) in [5.41, 5.74) is 0.947. The van der Waals surface area contributed by atoms with Gasteiger partial charge in [-0.1, -0.05) is 24.3 Å². The molecule has 0 amide bonds. The quantitative estimate of drug-likeness (QED) is 0.129. The number of rotatable bonds is 13. The van der Waals surface area contributed by atoms with E-state index in [0.29, 0.717) is 11.1 Å². The van der Waals surface area contributed by atoms with E-state index in [1.54, 1.807) is 12.1 Å². The molecule has 0 aliphatic carbocycles. The maximum atomic E-state index is 11.7. The zero-order chi connectivity index (χ0) is 25.5. The molecule has 15 heteroatoms. The predicted octanol–water partition coefficient (Wildman–Crippen LogP) is -0.741. The van der Waals surface area contributed by atoms with Crippen LogP contribution in [0.1, 0.15) is 16.7 Å². The molecule has 3 atom stereocenters. The van der Waals surface area contributed by atoms with Gasteiger partial charge in [-0.3, -0.25) is 9.80 Å². The van der Waals surface area contributed by atoms with Gasteiger partial charge in [-0.05, 0) is 23.8 Å². The van der Waals surface area contributed by atoms with Crippen molar-refractivity contribution in [3.63, 3.8) is 0 Å². The third-order valence-electron chi connectivity index (χ3n) is 5.02. The summed E-state index contributed by atoms with van der Waals surface area (Å²) >= 11 is 0. The van der Waals surface area contributed by atoms with E-state index in [9.17, 15) is 49.1 Å². The van der Waals surface area contributed by atoms with Crippen molar-refractivity contribution in [3.8, 4) is 11.5 Å². The van der Waals surface area contributed by atoms with Gasteiger partial charge >= 0.3 is 17.1 Å². The number of aliphatic hydroxyl groups is 2. The fraction of sp³-hybridized carbons (Fsp3) is 0.400. The van der Waals surface area contributed by atoms with Crippen molar-refractivity contribution in [1.29, 1.82) is 0 Å². The van der Waals surface area contributed by atoms with Crippen LogP contribution in [0, 0.1) is 0 Å². The van der Waals surface area contributed by atoms with Crippen LogP contribution in [0.2, 0.25) is 0 Å². The Morgan fingerprint density at radius 1 is 0.857 bits per heavy atom. The topological polar surface area (TPSA) is 208 Å². The second-order valence-electron chi connectivity index (χ2n) is 7.90. The molecule has 0 aliphatic heterocycles. The number of phenols is 2. The van der Waals surface area contributed by atoms with Crippen LogP contribution in [-0.2, 0) is 45.9 Å². The largest absolute Gasteiger partial charge is 2.00 e. The minimum atomic E-state index is -4.91. The van der Waals surface area contributed by atoms with Gasteiger partial charge in [-0.25, -0.2) is 0 Å². The Balaban J connectivity index is 0.00000612. The summed E-state index contributed by atoms with van der Waals surface area (Å²) in [6.45, 7) is -1.76. The van der Waals surface area contributed by atoms with Crippen LogP contribution in [0.25, 0.3) is 0 Å². The second-order valence-corrected chi connectivity index (χ2v) is 11.0. The average Bonchev–Trinajstić information content (AvgIpc) is 2.72. The number of aromatic hydroxyl groups is 2. The maximum absolute atomic E-state index is 11.7. The maximum Gasteiger partial charge on any atom is 2.00 e. The van der Waals surface area contributed by atoms with Crippen molar-refractivity contribution in [3.05, 3.63) is 59.2 Å². The Morgan fingerprint density at radius 2 is 1.46 bits per heavy atom. The Kier molecular flexibility index (Phi) is 12.6. The number of nitrogens with zero attached hydrogens (tertiary/aromatic N) is 2. The Hall–Kier alpha value is -1.30. The predicted molar refractivity (Wildman–Crippen MR) is 118 cm³/mol. The van der Waals surface area contributed by atoms with Gasteiger partial charge in [0.15, 0.2) is 0 Å². The molecule has 2 rings (SSSR count). The minimum Gasteiger partial charge on any atom is -0.778 e. The SMILES string of the molecule is O=P([O-])(O)CN(Cc1ccccc1O)CC(CO)N(Cc1cc(CO)ccc1O)CP(=O)([O-])O.[Fe+2]. The molecule has 0 fully saturated rings. The smallest absolute Gasteiger partial charge is 0.778 e. The molecule has 0 aromatic heterocycles. The summed E-state index contributed by atoms with van der Waals surface area (Å²) in [5, 5.41) is 39.5. The van der Waals surface area contributed by atoms with Crippen LogP contribution in [0.4, 0.5) is 0 Å². The van der Waals surface area contributed by atoms with E-state index in [-0.39, 0.29) is 60.4 Å². The molecule has 0 aliphatic rings. The van der Waals surface area contributed by atoms with Gasteiger partial charge in [-0.15, -0.1) is 0 Å². The van der Waals surface area contributed by atoms with Crippen molar-refractivity contribution < 1.29 is 66.2 Å². The van der Waals surface area contributed by atoms with Gasteiger partial charge in [-0.2, -0.15) is 0 Å². The summed E-state index contributed by atoms with van der Waals surface area (Å²) < 4.78 is 23.3. The van der Waals surface area contributed by atoms with Crippen LogP contribution in [0.15, 0.2) is 42.5 Å². The van der Waals surface area contributed by atoms with Crippen molar-refractivity contribution in [2.45, 2.75) is 25.7 Å². The molecular weight excluding hydrogens is 546 g/mol. The summed E-state index contributed by atoms with van der Waals surface area (Å²) in [5.74, 6) is -0.350. The molecule has 35 heavy (non-hydrogen) atoms. The van der Waals surface area contributed by atoms with Crippen molar-refractivity contribution in [2.24, 2.45) is 0 Å². The molecule has 0 bridgehead atoms. The molecule has 0 radical (unpaired) electrons. The van der Waals surface area contributed by atoms with Crippen LogP contribution < -0.4 is 9.79 Å². The minimum absolute atomic E-state index is 0. The van der Waals surface area contributed by atoms with Crippen LogP contribution in [-0.4, -0.2) is 71.8 Å². The normalized spacial score (nSPS) is 15.9. The van der Waals surface area contributed by atoms with Gasteiger partial charge in [0.1, 0.15) is 26.7 Å². The standard InChI is InChI=1S/C20H30N2O10P2.Fe/c23-11-15-5-6-20(26)17(7-15)9-22(14-34(30,31)32)18(12-24)10-21(13-33(27,28)29)8-16-3-1-2-4-19(16)25;/h1-7,18,23-26H,8-14H2,(H2,27,28,29)(H2,30,31,32);/q;+2/p-2. The number of phenolic OH excluding ortho intramolecular Hbond substituents is 2. The first-order valence-electron chi connectivity index (χ1n) is 10.1. The van der Waals surface area contributed by atoms with Crippen LogP contribution >= 0.6 is 15.2 Å². The Morgan fingerprint density at radius 3 is 2.00 bits per heavy atom. The molecule has 6 N–H and O–H groups in total. The summed E-state index contributed by atoms with van der Waals surface area (Å²) in [6.07, 6.45) is -1.79. The number of hydrogen-bond donors (Lipinski definition) is 6. The molecule has 3 unspecified atom stereocenters. The molecule has 12 nitrogen and oxygen atoms in total. The van der Waals surface area contributed by atoms with Crippen molar-refractivity contribution in [2.75, 3.05) is 25.7 Å². The third kappa shape index (κ3) is 11.1. The zero-order valence-corrected chi connectivity index (χ0v) is 21.4. The molecular formula is C20H28FeN2O10P2. The molecule has 0 heterocycles. The van der Waals surface area contributed by atoms with E-state index in [2.05, 4.69) is 0 Å². The van der Waals surface area contributed by atoms with Crippen molar-refractivity contribution >= 4 is 15.2 Å². The first-order chi connectivity index (χ1) is 15.8. The van der Waals surface area contributed by atoms with E-state index >= 15 is 0 Å². The fourth-order valence-corrected chi connectivity index (χ4v) is 5.01.